The van der Waals surface area contributed by atoms with Gasteiger partial charge in [0.1, 0.15) is 11.5 Å². The summed E-state index contributed by atoms with van der Waals surface area (Å²) in [4.78, 5) is 12.0. The Morgan fingerprint density at radius 2 is 2.00 bits per heavy atom. The molecule has 0 aliphatic heterocycles. The molecule has 0 unspecified atom stereocenters. The number of furan rings is 1. The van der Waals surface area contributed by atoms with Crippen molar-refractivity contribution in [1.29, 1.82) is 0 Å². The molecule has 0 aliphatic rings. The molecule has 0 saturated heterocycles. The number of sulfonamides is 1. The van der Waals surface area contributed by atoms with Crippen molar-refractivity contribution in [2.24, 2.45) is 0 Å². The summed E-state index contributed by atoms with van der Waals surface area (Å²) in [5.74, 6) is 1.11. The van der Waals surface area contributed by atoms with E-state index in [0.29, 0.717) is 18.7 Å². The maximum absolute atomic E-state index is 12.0. The van der Waals surface area contributed by atoms with E-state index in [4.69, 9.17) is 9.15 Å². The first-order chi connectivity index (χ1) is 12.4. The molecule has 1 heterocycles. The molecule has 0 spiro atoms. The van der Waals surface area contributed by atoms with E-state index in [1.165, 1.54) is 10.6 Å². The molecule has 7 nitrogen and oxygen atoms in total. The van der Waals surface area contributed by atoms with Gasteiger partial charge in [-0.25, -0.2) is 8.42 Å². The molecular formula is C18H24N2O5S. The average Bonchev–Trinajstić information content (AvgIpc) is 3.11. The summed E-state index contributed by atoms with van der Waals surface area (Å²) < 4.78 is 35.4. The quantitative estimate of drug-likeness (QED) is 0.679. The Balaban J connectivity index is 1.80. The van der Waals surface area contributed by atoms with Gasteiger partial charge in [-0.05, 0) is 30.2 Å². The van der Waals surface area contributed by atoms with Gasteiger partial charge in [0.25, 0.3) is 0 Å². The zero-order chi connectivity index (χ0) is 19.0. The molecule has 1 aromatic heterocycles. The second-order valence-electron chi connectivity index (χ2n) is 5.84. The second kappa shape index (κ2) is 9.40. The van der Waals surface area contributed by atoms with Crippen molar-refractivity contribution in [2.75, 3.05) is 26.5 Å². The Morgan fingerprint density at radius 1 is 1.23 bits per heavy atom. The average molecular weight is 380 g/mol. The van der Waals surface area contributed by atoms with Gasteiger partial charge in [0, 0.05) is 19.5 Å². The zero-order valence-corrected chi connectivity index (χ0v) is 15.8. The van der Waals surface area contributed by atoms with Crippen molar-refractivity contribution < 1.29 is 22.4 Å². The van der Waals surface area contributed by atoms with Crippen molar-refractivity contribution in [3.63, 3.8) is 0 Å². The van der Waals surface area contributed by atoms with Crippen LogP contribution in [0, 0.1) is 0 Å². The van der Waals surface area contributed by atoms with Crippen molar-refractivity contribution in [2.45, 2.75) is 19.4 Å². The highest BCUT2D eigenvalue weighted by molar-refractivity contribution is 7.88. The number of carbonyl (C=O) groups excluding carboxylic acids is 1. The number of rotatable bonds is 10. The van der Waals surface area contributed by atoms with Crippen molar-refractivity contribution in [3.05, 3.63) is 54.0 Å². The van der Waals surface area contributed by atoms with E-state index < -0.39 is 10.0 Å². The third-order valence-corrected chi connectivity index (χ3v) is 5.13. The molecule has 0 radical (unpaired) electrons. The monoisotopic (exact) mass is 380 g/mol. The van der Waals surface area contributed by atoms with Crippen molar-refractivity contribution in [3.8, 4) is 5.75 Å². The number of methoxy groups -OCH3 is 1. The van der Waals surface area contributed by atoms with Crippen LogP contribution < -0.4 is 10.1 Å². The first-order valence-corrected chi connectivity index (χ1v) is 10.1. The fourth-order valence-electron chi connectivity index (χ4n) is 2.50. The van der Waals surface area contributed by atoms with Crippen LogP contribution >= 0.6 is 0 Å². The molecule has 2 aromatic rings. The molecule has 8 heteroatoms. The molecule has 0 bridgehead atoms. The van der Waals surface area contributed by atoms with Gasteiger partial charge >= 0.3 is 0 Å². The van der Waals surface area contributed by atoms with Crippen LogP contribution in [0.15, 0.2) is 47.1 Å². The Bertz CT molecular complexity index is 803. The lowest BCUT2D eigenvalue weighted by atomic mass is 10.1. The molecule has 0 saturated carbocycles. The van der Waals surface area contributed by atoms with Crippen LogP contribution in [0.3, 0.4) is 0 Å². The topological polar surface area (TPSA) is 88.8 Å². The predicted octanol–water partition coefficient (Wildman–Crippen LogP) is 1.80. The Morgan fingerprint density at radius 3 is 2.65 bits per heavy atom. The maximum Gasteiger partial charge on any atom is 0.221 e. The van der Waals surface area contributed by atoms with Gasteiger partial charge in [-0.2, -0.15) is 4.31 Å². The van der Waals surface area contributed by atoms with Gasteiger partial charge < -0.3 is 14.5 Å². The third kappa shape index (κ3) is 6.20. The Kier molecular flexibility index (Phi) is 7.23. The summed E-state index contributed by atoms with van der Waals surface area (Å²) in [6.45, 7) is 0.663. The first-order valence-electron chi connectivity index (χ1n) is 8.26. The van der Waals surface area contributed by atoms with Crippen LogP contribution in [-0.2, 0) is 27.8 Å². The smallest absolute Gasteiger partial charge is 0.221 e. The van der Waals surface area contributed by atoms with Gasteiger partial charge in [0.15, 0.2) is 0 Å². The van der Waals surface area contributed by atoms with Crippen LogP contribution in [0.2, 0.25) is 0 Å². The molecule has 1 amide bonds. The van der Waals surface area contributed by atoms with Crippen LogP contribution in [0.1, 0.15) is 17.7 Å². The number of nitrogens with zero attached hydrogens (tertiary/aromatic N) is 1. The zero-order valence-electron chi connectivity index (χ0n) is 15.0. The number of carbonyl (C=O) groups is 1. The standard InChI is InChI=1S/C18H24N2O5S/c1-24-17-8-4-3-6-15(17)9-11-19-18(21)10-12-20(26(2,22)23)14-16-7-5-13-25-16/h3-8,13H,9-12,14H2,1-2H3,(H,19,21). The highest BCUT2D eigenvalue weighted by Crippen LogP contribution is 2.17. The van der Waals surface area contributed by atoms with Gasteiger partial charge in [-0.15, -0.1) is 0 Å². The summed E-state index contributed by atoms with van der Waals surface area (Å²) in [5.41, 5.74) is 1.01. The maximum atomic E-state index is 12.0. The number of hydrogen-bond donors (Lipinski definition) is 1. The van der Waals surface area contributed by atoms with Crippen molar-refractivity contribution >= 4 is 15.9 Å². The van der Waals surface area contributed by atoms with E-state index in [9.17, 15) is 13.2 Å². The lowest BCUT2D eigenvalue weighted by molar-refractivity contribution is -0.121. The largest absolute Gasteiger partial charge is 0.496 e. The predicted molar refractivity (Wildman–Crippen MR) is 98.3 cm³/mol. The third-order valence-electron chi connectivity index (χ3n) is 3.88. The van der Waals surface area contributed by atoms with E-state index in [-0.39, 0.29) is 25.4 Å². The van der Waals surface area contributed by atoms with E-state index >= 15 is 0 Å². The lowest BCUT2D eigenvalue weighted by Crippen LogP contribution is -2.34. The van der Waals surface area contributed by atoms with Crippen LogP contribution in [0.5, 0.6) is 5.75 Å². The highest BCUT2D eigenvalue weighted by Gasteiger charge is 2.19. The number of amides is 1. The normalized spacial score (nSPS) is 11.5. The second-order valence-corrected chi connectivity index (χ2v) is 7.82. The molecule has 1 N–H and O–H groups in total. The molecule has 1 aromatic carbocycles. The molecule has 2 rings (SSSR count). The van der Waals surface area contributed by atoms with Gasteiger partial charge in [0.2, 0.25) is 15.9 Å². The lowest BCUT2D eigenvalue weighted by Gasteiger charge is -2.18. The van der Waals surface area contributed by atoms with Crippen LogP contribution in [-0.4, -0.2) is 45.1 Å². The van der Waals surface area contributed by atoms with Crippen LogP contribution in [0.25, 0.3) is 0 Å². The first kappa shape index (κ1) is 20.0. The van der Waals surface area contributed by atoms with Gasteiger partial charge in [-0.3, -0.25) is 4.79 Å². The molecular weight excluding hydrogens is 356 g/mol. The number of hydrogen-bond acceptors (Lipinski definition) is 5. The summed E-state index contributed by atoms with van der Waals surface area (Å²) in [6, 6.07) is 11.0. The van der Waals surface area contributed by atoms with E-state index in [0.717, 1.165) is 17.6 Å². The SMILES string of the molecule is COc1ccccc1CCNC(=O)CCN(Cc1ccco1)S(C)(=O)=O. The highest BCUT2D eigenvalue weighted by atomic mass is 32.2. The summed E-state index contributed by atoms with van der Waals surface area (Å²) in [5, 5.41) is 2.81. The van der Waals surface area contributed by atoms with Gasteiger partial charge in [-0.1, -0.05) is 18.2 Å². The van der Waals surface area contributed by atoms with E-state index in [2.05, 4.69) is 5.32 Å². The minimum atomic E-state index is -3.43. The van der Waals surface area contributed by atoms with Gasteiger partial charge in [0.05, 0.1) is 26.2 Å². The van der Waals surface area contributed by atoms with E-state index in [1.54, 1.807) is 19.2 Å². The molecule has 0 fully saturated rings. The molecule has 142 valence electrons. The number of nitrogens with one attached hydrogen (secondary N) is 1. The number of para-hydroxylation sites is 1. The molecule has 26 heavy (non-hydrogen) atoms. The fraction of sp³-hybridized carbons (Fsp3) is 0.389. The fourth-order valence-corrected chi connectivity index (χ4v) is 3.28. The summed E-state index contributed by atoms with van der Waals surface area (Å²) >= 11 is 0. The minimum Gasteiger partial charge on any atom is -0.496 e. The molecule has 0 atom stereocenters. The molecule has 0 aliphatic carbocycles. The van der Waals surface area contributed by atoms with Crippen LogP contribution in [0.4, 0.5) is 0 Å². The number of benzene rings is 1. The minimum absolute atomic E-state index is 0.0830. The number of ether oxygens (including phenoxy) is 1. The van der Waals surface area contributed by atoms with E-state index in [1.807, 2.05) is 24.3 Å². The summed E-state index contributed by atoms with van der Waals surface area (Å²) in [7, 11) is -1.83. The Labute approximate surface area is 154 Å². The Hall–Kier alpha value is -2.32. The van der Waals surface area contributed by atoms with Crippen molar-refractivity contribution in [1.82, 2.24) is 9.62 Å². The summed E-state index contributed by atoms with van der Waals surface area (Å²) in [6.07, 6.45) is 3.33.